The standard InChI is InChI=1S/C24H29N5O2/c1-25-24(27-11-9-18-14-15-5-2-3-6-19(15)28-18)26-10-4-12-29-22(30)20-16-7-8-17(13-16)21(20)23(29)31/h2-3,5-8,14,16-17,20-21,28H,4,9-13H2,1H3,(H2,25,26,27). The fourth-order valence-corrected chi connectivity index (χ4v) is 5.43. The quantitative estimate of drug-likeness (QED) is 0.211. The number of guanidine groups is 1. The van der Waals surface area contributed by atoms with Gasteiger partial charge in [0, 0.05) is 44.3 Å². The summed E-state index contributed by atoms with van der Waals surface area (Å²) in [5.41, 5.74) is 2.34. The van der Waals surface area contributed by atoms with Gasteiger partial charge < -0.3 is 15.6 Å². The first-order chi connectivity index (χ1) is 15.2. The van der Waals surface area contributed by atoms with E-state index >= 15 is 0 Å². The lowest BCUT2D eigenvalue weighted by Gasteiger charge is -2.18. The first-order valence-electron chi connectivity index (χ1n) is 11.2. The molecule has 4 unspecified atom stereocenters. The molecular formula is C24H29N5O2. The molecule has 0 spiro atoms. The van der Waals surface area contributed by atoms with Crippen molar-refractivity contribution in [3.63, 3.8) is 0 Å². The van der Waals surface area contributed by atoms with E-state index in [1.165, 1.54) is 16.0 Å². The number of carbonyl (C=O) groups excluding carboxylic acids is 2. The van der Waals surface area contributed by atoms with Gasteiger partial charge in [0.25, 0.3) is 0 Å². The van der Waals surface area contributed by atoms with Crippen molar-refractivity contribution in [2.75, 3.05) is 26.7 Å². The molecule has 2 bridgehead atoms. The Morgan fingerprint density at radius 3 is 2.52 bits per heavy atom. The van der Waals surface area contributed by atoms with Crippen LogP contribution in [0.25, 0.3) is 10.9 Å². The van der Waals surface area contributed by atoms with E-state index in [-0.39, 0.29) is 35.5 Å². The molecule has 2 aromatic rings. The van der Waals surface area contributed by atoms with Crippen molar-refractivity contribution in [1.82, 2.24) is 20.5 Å². The van der Waals surface area contributed by atoms with Gasteiger partial charge in [0.05, 0.1) is 11.8 Å². The molecule has 162 valence electrons. The molecular weight excluding hydrogens is 390 g/mol. The van der Waals surface area contributed by atoms with Crippen LogP contribution in [0.15, 0.2) is 47.5 Å². The third-order valence-corrected chi connectivity index (χ3v) is 6.91. The number of fused-ring (bicyclic) bond motifs is 6. The fourth-order valence-electron chi connectivity index (χ4n) is 5.43. The molecule has 3 aliphatic rings. The molecule has 3 N–H and O–H groups in total. The molecule has 1 aromatic heterocycles. The lowest BCUT2D eigenvalue weighted by molar-refractivity contribution is -0.140. The number of nitrogens with one attached hydrogen (secondary N) is 3. The largest absolute Gasteiger partial charge is 0.358 e. The number of carbonyl (C=O) groups is 2. The van der Waals surface area contributed by atoms with Crippen LogP contribution >= 0.6 is 0 Å². The zero-order valence-electron chi connectivity index (χ0n) is 17.8. The summed E-state index contributed by atoms with van der Waals surface area (Å²) in [5, 5.41) is 7.83. The molecule has 7 heteroatoms. The van der Waals surface area contributed by atoms with Crippen molar-refractivity contribution >= 4 is 28.7 Å². The number of likely N-dealkylation sites (tertiary alicyclic amines) is 1. The maximum absolute atomic E-state index is 12.7. The zero-order chi connectivity index (χ0) is 21.4. The number of imide groups is 1. The molecule has 1 saturated heterocycles. The molecule has 1 saturated carbocycles. The van der Waals surface area contributed by atoms with Crippen LogP contribution in [0.4, 0.5) is 0 Å². The molecule has 0 radical (unpaired) electrons. The molecule has 31 heavy (non-hydrogen) atoms. The van der Waals surface area contributed by atoms with Crippen molar-refractivity contribution in [3.05, 3.63) is 48.2 Å². The second-order valence-corrected chi connectivity index (χ2v) is 8.74. The van der Waals surface area contributed by atoms with E-state index in [1.54, 1.807) is 7.05 Å². The number of H-pyrrole nitrogens is 1. The number of nitrogens with zero attached hydrogens (tertiary/aromatic N) is 2. The number of aromatic nitrogens is 1. The summed E-state index contributed by atoms with van der Waals surface area (Å²) >= 11 is 0. The fraction of sp³-hybridized carbons (Fsp3) is 0.458. The topological polar surface area (TPSA) is 89.6 Å². The maximum atomic E-state index is 12.7. The van der Waals surface area contributed by atoms with Gasteiger partial charge in [-0.2, -0.15) is 0 Å². The number of rotatable bonds is 7. The number of aromatic amines is 1. The van der Waals surface area contributed by atoms with E-state index in [4.69, 9.17) is 0 Å². The number of para-hydroxylation sites is 1. The Bertz CT molecular complexity index is 992. The highest BCUT2D eigenvalue weighted by Crippen LogP contribution is 2.52. The molecule has 1 aromatic carbocycles. The van der Waals surface area contributed by atoms with E-state index in [1.807, 2.05) is 12.1 Å². The molecule has 2 aliphatic carbocycles. The third-order valence-electron chi connectivity index (χ3n) is 6.91. The van der Waals surface area contributed by atoms with Gasteiger partial charge in [0.2, 0.25) is 11.8 Å². The average Bonchev–Trinajstić information content (AvgIpc) is 3.54. The van der Waals surface area contributed by atoms with Crippen LogP contribution in [0.3, 0.4) is 0 Å². The van der Waals surface area contributed by atoms with Gasteiger partial charge in [0.15, 0.2) is 5.96 Å². The number of hydrogen-bond donors (Lipinski definition) is 3. The number of hydrogen-bond acceptors (Lipinski definition) is 3. The smallest absolute Gasteiger partial charge is 0.233 e. The molecule has 1 aliphatic heterocycles. The Labute approximate surface area is 182 Å². The normalized spacial score (nSPS) is 26.9. The molecule has 2 amide bonds. The van der Waals surface area contributed by atoms with E-state index < -0.39 is 0 Å². The van der Waals surface area contributed by atoms with E-state index in [0.29, 0.717) is 19.5 Å². The Hall–Kier alpha value is -3.09. The molecule has 2 heterocycles. The second-order valence-electron chi connectivity index (χ2n) is 8.74. The maximum Gasteiger partial charge on any atom is 0.233 e. The number of amides is 2. The van der Waals surface area contributed by atoms with Crippen LogP contribution in [0.1, 0.15) is 18.5 Å². The van der Waals surface area contributed by atoms with Crippen LogP contribution in [-0.2, 0) is 16.0 Å². The zero-order valence-corrected chi connectivity index (χ0v) is 17.8. The number of allylic oxidation sites excluding steroid dienone is 2. The molecule has 5 rings (SSSR count). The highest BCUT2D eigenvalue weighted by Gasteiger charge is 2.58. The summed E-state index contributed by atoms with van der Waals surface area (Å²) in [7, 11) is 1.75. The lowest BCUT2D eigenvalue weighted by atomic mass is 9.85. The van der Waals surface area contributed by atoms with Gasteiger partial charge >= 0.3 is 0 Å². The van der Waals surface area contributed by atoms with Gasteiger partial charge in [0.1, 0.15) is 0 Å². The third kappa shape index (κ3) is 3.62. The predicted molar refractivity (Wildman–Crippen MR) is 120 cm³/mol. The molecule has 2 fully saturated rings. The minimum Gasteiger partial charge on any atom is -0.358 e. The van der Waals surface area contributed by atoms with Gasteiger partial charge in [-0.15, -0.1) is 0 Å². The summed E-state index contributed by atoms with van der Waals surface area (Å²) in [6.07, 6.45) is 6.82. The van der Waals surface area contributed by atoms with E-state index in [0.717, 1.165) is 30.9 Å². The number of aliphatic imine (C=N–C) groups is 1. The van der Waals surface area contributed by atoms with E-state index in [9.17, 15) is 9.59 Å². The minimum absolute atomic E-state index is 0.0349. The van der Waals surface area contributed by atoms with Crippen molar-refractivity contribution in [2.24, 2.45) is 28.7 Å². The van der Waals surface area contributed by atoms with Gasteiger partial charge in [-0.3, -0.25) is 19.5 Å². The van der Waals surface area contributed by atoms with Crippen molar-refractivity contribution < 1.29 is 9.59 Å². The van der Waals surface area contributed by atoms with Crippen LogP contribution < -0.4 is 10.6 Å². The van der Waals surface area contributed by atoms with Crippen molar-refractivity contribution in [2.45, 2.75) is 19.3 Å². The Kier molecular flexibility index (Phi) is 5.26. The van der Waals surface area contributed by atoms with Crippen LogP contribution in [0, 0.1) is 23.7 Å². The summed E-state index contributed by atoms with van der Waals surface area (Å²) in [6.45, 7) is 1.89. The summed E-state index contributed by atoms with van der Waals surface area (Å²) in [6, 6.07) is 10.4. The Morgan fingerprint density at radius 1 is 1.10 bits per heavy atom. The molecule has 4 atom stereocenters. The first-order valence-corrected chi connectivity index (χ1v) is 11.2. The van der Waals surface area contributed by atoms with Crippen LogP contribution in [0.5, 0.6) is 0 Å². The monoisotopic (exact) mass is 419 g/mol. The van der Waals surface area contributed by atoms with Gasteiger partial charge in [-0.25, -0.2) is 0 Å². The highest BCUT2D eigenvalue weighted by molar-refractivity contribution is 6.06. The molecule has 7 nitrogen and oxygen atoms in total. The SMILES string of the molecule is CN=C(NCCCN1C(=O)C2C3C=CC(C3)C2C1=O)NCCc1cc2ccccc2[nH]1. The van der Waals surface area contributed by atoms with Crippen LogP contribution in [0.2, 0.25) is 0 Å². The minimum atomic E-state index is -0.102. The lowest BCUT2D eigenvalue weighted by Crippen LogP contribution is -2.40. The van der Waals surface area contributed by atoms with Crippen LogP contribution in [-0.4, -0.2) is 54.3 Å². The predicted octanol–water partition coefficient (Wildman–Crippen LogP) is 2.07. The number of benzene rings is 1. The van der Waals surface area contributed by atoms with Crippen molar-refractivity contribution in [3.8, 4) is 0 Å². The summed E-state index contributed by atoms with van der Waals surface area (Å²) < 4.78 is 0. The van der Waals surface area contributed by atoms with Gasteiger partial charge in [-0.05, 0) is 42.2 Å². The average molecular weight is 420 g/mol. The Balaban J connectivity index is 1.05. The first kappa shape index (κ1) is 19.8. The summed E-state index contributed by atoms with van der Waals surface area (Å²) in [5.74, 6) is 1.14. The van der Waals surface area contributed by atoms with E-state index in [2.05, 4.69) is 51.0 Å². The van der Waals surface area contributed by atoms with Crippen molar-refractivity contribution in [1.29, 1.82) is 0 Å². The second kappa shape index (κ2) is 8.21. The summed E-state index contributed by atoms with van der Waals surface area (Å²) in [4.78, 5) is 34.6. The van der Waals surface area contributed by atoms with Gasteiger partial charge in [-0.1, -0.05) is 30.4 Å². The Morgan fingerprint density at radius 2 is 1.81 bits per heavy atom. The highest BCUT2D eigenvalue weighted by atomic mass is 16.2.